The van der Waals surface area contributed by atoms with Gasteiger partial charge in [-0.15, -0.1) is 0 Å². The van der Waals surface area contributed by atoms with E-state index in [0.717, 1.165) is 29.3 Å². The zero-order chi connectivity index (χ0) is 12.3. The maximum absolute atomic E-state index is 6.06. The Balaban J connectivity index is 2.02. The van der Waals surface area contributed by atoms with Crippen molar-refractivity contribution in [3.63, 3.8) is 0 Å². The van der Waals surface area contributed by atoms with Gasteiger partial charge in [-0.1, -0.05) is 18.5 Å². The molecular formula is C14H20ClNO. The normalized spacial score (nSPS) is 23.9. The molecule has 1 aliphatic carbocycles. The van der Waals surface area contributed by atoms with Gasteiger partial charge in [0.05, 0.1) is 0 Å². The number of rotatable bonds is 4. The number of aryl methyl sites for hydroxylation is 1. The van der Waals surface area contributed by atoms with Crippen molar-refractivity contribution < 1.29 is 4.74 Å². The number of hydrogen-bond donors (Lipinski definition) is 1. The van der Waals surface area contributed by atoms with Crippen LogP contribution >= 0.6 is 11.6 Å². The molecule has 0 radical (unpaired) electrons. The van der Waals surface area contributed by atoms with Gasteiger partial charge in [0, 0.05) is 11.1 Å². The molecule has 0 saturated heterocycles. The first-order valence-corrected chi connectivity index (χ1v) is 6.74. The summed E-state index contributed by atoms with van der Waals surface area (Å²) in [6.07, 6.45) is 3.90. The van der Waals surface area contributed by atoms with Crippen molar-refractivity contribution in [3.05, 3.63) is 28.8 Å². The molecule has 0 spiro atoms. The lowest BCUT2D eigenvalue weighted by atomic mass is 10.2. The smallest absolute Gasteiger partial charge is 0.120 e. The van der Waals surface area contributed by atoms with Crippen LogP contribution in [0, 0.1) is 6.92 Å². The van der Waals surface area contributed by atoms with Crippen molar-refractivity contribution in [2.24, 2.45) is 0 Å². The topological polar surface area (TPSA) is 21.3 Å². The van der Waals surface area contributed by atoms with Gasteiger partial charge in [-0.05, 0) is 56.5 Å². The largest absolute Gasteiger partial charge is 0.489 e. The molecule has 0 heterocycles. The van der Waals surface area contributed by atoms with Gasteiger partial charge in [-0.25, -0.2) is 0 Å². The predicted octanol–water partition coefficient (Wildman–Crippen LogP) is 3.56. The van der Waals surface area contributed by atoms with E-state index in [9.17, 15) is 0 Å². The molecule has 2 atom stereocenters. The van der Waals surface area contributed by atoms with Crippen molar-refractivity contribution in [3.8, 4) is 5.75 Å². The summed E-state index contributed by atoms with van der Waals surface area (Å²) in [5.41, 5.74) is 1.07. The first-order valence-electron chi connectivity index (χ1n) is 6.37. The maximum atomic E-state index is 6.06. The highest BCUT2D eigenvalue weighted by atomic mass is 35.5. The molecule has 2 nitrogen and oxygen atoms in total. The molecule has 3 heteroatoms. The Hall–Kier alpha value is -0.730. The van der Waals surface area contributed by atoms with E-state index in [1.54, 1.807) is 0 Å². The van der Waals surface area contributed by atoms with E-state index >= 15 is 0 Å². The average Bonchev–Trinajstić information content (AvgIpc) is 2.72. The maximum Gasteiger partial charge on any atom is 0.120 e. The van der Waals surface area contributed by atoms with Crippen molar-refractivity contribution in [1.29, 1.82) is 0 Å². The monoisotopic (exact) mass is 253 g/mol. The zero-order valence-electron chi connectivity index (χ0n) is 10.5. The van der Waals surface area contributed by atoms with E-state index in [1.807, 2.05) is 25.1 Å². The Bertz CT molecular complexity index is 380. The second-order valence-electron chi connectivity index (χ2n) is 4.66. The number of nitrogens with one attached hydrogen (secondary N) is 1. The Morgan fingerprint density at radius 3 is 2.94 bits per heavy atom. The third-order valence-electron chi connectivity index (χ3n) is 3.34. The Labute approximate surface area is 108 Å². The van der Waals surface area contributed by atoms with Crippen LogP contribution in [0.3, 0.4) is 0 Å². The predicted molar refractivity (Wildman–Crippen MR) is 71.9 cm³/mol. The number of likely N-dealkylation sites (N-methyl/N-ethyl adjacent to an activating group) is 1. The van der Waals surface area contributed by atoms with Gasteiger partial charge >= 0.3 is 0 Å². The van der Waals surface area contributed by atoms with Gasteiger partial charge in [0.25, 0.3) is 0 Å². The van der Waals surface area contributed by atoms with Crippen LogP contribution in [0.15, 0.2) is 18.2 Å². The SMILES string of the molecule is CCNC1CCCC1Oc1ccc(Cl)c(C)c1. The van der Waals surface area contributed by atoms with E-state index < -0.39 is 0 Å². The summed E-state index contributed by atoms with van der Waals surface area (Å²) in [4.78, 5) is 0. The highest BCUT2D eigenvalue weighted by Gasteiger charge is 2.28. The molecule has 1 aromatic rings. The third-order valence-corrected chi connectivity index (χ3v) is 3.76. The molecule has 1 N–H and O–H groups in total. The summed E-state index contributed by atoms with van der Waals surface area (Å²) in [7, 11) is 0. The fraction of sp³-hybridized carbons (Fsp3) is 0.571. The van der Waals surface area contributed by atoms with Gasteiger partial charge in [0.15, 0.2) is 0 Å². The first kappa shape index (κ1) is 12.7. The summed E-state index contributed by atoms with van der Waals surface area (Å²) < 4.78 is 6.06. The molecule has 2 rings (SSSR count). The minimum absolute atomic E-state index is 0.301. The van der Waals surface area contributed by atoms with E-state index in [0.29, 0.717) is 12.1 Å². The summed E-state index contributed by atoms with van der Waals surface area (Å²) in [6, 6.07) is 6.37. The standard InChI is InChI=1S/C14H20ClNO/c1-3-16-13-5-4-6-14(13)17-11-7-8-12(15)10(2)9-11/h7-9,13-14,16H,3-6H2,1-2H3. The Morgan fingerprint density at radius 2 is 2.24 bits per heavy atom. The molecule has 1 aromatic carbocycles. The molecule has 0 aliphatic heterocycles. The van der Waals surface area contributed by atoms with Gasteiger partial charge < -0.3 is 10.1 Å². The fourth-order valence-corrected chi connectivity index (χ4v) is 2.55. The average molecular weight is 254 g/mol. The van der Waals surface area contributed by atoms with Gasteiger partial charge in [-0.2, -0.15) is 0 Å². The molecule has 17 heavy (non-hydrogen) atoms. The first-order chi connectivity index (χ1) is 8.20. The minimum Gasteiger partial charge on any atom is -0.489 e. The number of halogens is 1. The van der Waals surface area contributed by atoms with Crippen LogP contribution in [0.1, 0.15) is 31.7 Å². The van der Waals surface area contributed by atoms with Crippen LogP contribution in [-0.2, 0) is 0 Å². The molecule has 0 bridgehead atoms. The van der Waals surface area contributed by atoms with Gasteiger partial charge in [0.1, 0.15) is 11.9 Å². The third kappa shape index (κ3) is 3.14. The molecule has 2 unspecified atom stereocenters. The lowest BCUT2D eigenvalue weighted by molar-refractivity contribution is 0.176. The summed E-state index contributed by atoms with van der Waals surface area (Å²) in [6.45, 7) is 5.15. The van der Waals surface area contributed by atoms with Crippen molar-refractivity contribution in [1.82, 2.24) is 5.32 Å². The number of hydrogen-bond acceptors (Lipinski definition) is 2. The van der Waals surface area contributed by atoms with Gasteiger partial charge in [-0.3, -0.25) is 0 Å². The summed E-state index contributed by atoms with van der Waals surface area (Å²) in [5.74, 6) is 0.932. The van der Waals surface area contributed by atoms with Crippen LogP contribution < -0.4 is 10.1 Å². The van der Waals surface area contributed by atoms with E-state index in [-0.39, 0.29) is 0 Å². The van der Waals surface area contributed by atoms with Crippen LogP contribution in [0.4, 0.5) is 0 Å². The van der Waals surface area contributed by atoms with E-state index in [4.69, 9.17) is 16.3 Å². The molecular weight excluding hydrogens is 234 g/mol. The van der Waals surface area contributed by atoms with Crippen LogP contribution in [0.25, 0.3) is 0 Å². The summed E-state index contributed by atoms with van der Waals surface area (Å²) >= 11 is 6.01. The van der Waals surface area contributed by atoms with Crippen LogP contribution in [0.2, 0.25) is 5.02 Å². The fourth-order valence-electron chi connectivity index (χ4n) is 2.43. The lowest BCUT2D eigenvalue weighted by Crippen LogP contribution is -2.38. The second kappa shape index (κ2) is 5.74. The second-order valence-corrected chi connectivity index (χ2v) is 5.07. The van der Waals surface area contributed by atoms with Crippen molar-refractivity contribution in [2.75, 3.05) is 6.54 Å². The van der Waals surface area contributed by atoms with Crippen LogP contribution in [-0.4, -0.2) is 18.7 Å². The molecule has 1 aliphatic rings. The Kier molecular flexibility index (Phi) is 4.30. The Morgan fingerprint density at radius 1 is 1.41 bits per heavy atom. The zero-order valence-corrected chi connectivity index (χ0v) is 11.3. The molecule has 94 valence electrons. The van der Waals surface area contributed by atoms with Crippen molar-refractivity contribution in [2.45, 2.75) is 45.3 Å². The quantitative estimate of drug-likeness (QED) is 0.886. The molecule has 0 aromatic heterocycles. The number of ether oxygens (including phenoxy) is 1. The van der Waals surface area contributed by atoms with E-state index in [2.05, 4.69) is 12.2 Å². The molecule has 1 fully saturated rings. The molecule has 0 amide bonds. The summed E-state index contributed by atoms with van der Waals surface area (Å²) in [5, 5.41) is 4.29. The number of benzene rings is 1. The van der Waals surface area contributed by atoms with Crippen molar-refractivity contribution >= 4 is 11.6 Å². The molecule has 1 saturated carbocycles. The highest BCUT2D eigenvalue weighted by molar-refractivity contribution is 6.31. The van der Waals surface area contributed by atoms with E-state index in [1.165, 1.54) is 12.8 Å². The van der Waals surface area contributed by atoms with Crippen LogP contribution in [0.5, 0.6) is 5.75 Å². The minimum atomic E-state index is 0.301. The highest BCUT2D eigenvalue weighted by Crippen LogP contribution is 2.27. The lowest BCUT2D eigenvalue weighted by Gasteiger charge is -2.22. The van der Waals surface area contributed by atoms with Gasteiger partial charge in [0.2, 0.25) is 0 Å².